The maximum Gasteiger partial charge on any atom is 0.224 e. The zero-order valence-electron chi connectivity index (χ0n) is 83.0. The van der Waals surface area contributed by atoms with Crippen LogP contribution in [0.5, 0.6) is 0 Å². The van der Waals surface area contributed by atoms with Gasteiger partial charge in [-0.15, -0.1) is 0 Å². The molecule has 1 aliphatic rings. The predicted octanol–water partition coefficient (Wildman–Crippen LogP) is 22.9. The van der Waals surface area contributed by atoms with Gasteiger partial charge in [0.2, 0.25) is 17.7 Å². The fraction of sp³-hybridized carbons (Fsp3) is 0.195. The van der Waals surface area contributed by atoms with Crippen LogP contribution in [0.2, 0.25) is 0 Å². The van der Waals surface area contributed by atoms with Crippen molar-refractivity contribution in [1.82, 2.24) is 144 Å². The van der Waals surface area contributed by atoms with Gasteiger partial charge < -0.3 is 54.2 Å². The Morgan fingerprint density at radius 2 is 0.655 bits per heavy atom. The summed E-state index contributed by atoms with van der Waals surface area (Å²) >= 11 is 0. The molecule has 736 valence electrons. The van der Waals surface area contributed by atoms with Crippen molar-refractivity contribution >= 4 is 123 Å². The van der Waals surface area contributed by atoms with E-state index in [1.54, 1.807) is 56.2 Å². The highest BCUT2D eigenvalue weighted by Crippen LogP contribution is 2.40. The second-order valence-corrected chi connectivity index (χ2v) is 38.6. The third-order valence-electron chi connectivity index (χ3n) is 26.0. The van der Waals surface area contributed by atoms with Crippen molar-refractivity contribution in [3.63, 3.8) is 0 Å². The minimum Gasteiger partial charge on any atom is -0.336 e. The van der Waals surface area contributed by atoms with Crippen LogP contribution >= 0.6 is 0 Å². The zero-order chi connectivity index (χ0) is 101. The van der Waals surface area contributed by atoms with E-state index >= 15 is 0 Å². The first-order valence-corrected chi connectivity index (χ1v) is 49.5. The standard InChI is InChI=1S/C29H28N8O.C29H28N8.C28H26N8O.C27H24N8O/c1-17-15-37(16-31-17)24-7-5-6-23-27(24)34-28(33-23)26-21-11-18(8-9-22(21)35-36-26)19-10-20(14-30-13-19)32-25(38)12-29(2,3)4;1-19-16-37(18-31-19)26-7-5-6-25-28(26)33-29(32-25)27-23-13-21(8-9-24(23)34-35-27)22-12-20(14-30-15-22)17-36-10-3-2-4-11-36;1-3-4-8-25(37)31-20-11-19(13-29-14-20)18-9-10-22-21(12-18)26(35-34-22)28-32-23-6-5-7-24(27(23)33-28)36-15-17(2)30-16-36;1-3-5-24(36)30-19-10-18(12-28-13-19)17-8-9-21-20(11-17)25(34-33-21)27-31-22-6-4-7-23(26(22)32-27)35-14-16(2)29-15-35/h5-11,13-16H,12H2,1-4H3,(H,32,38)(H,33,34)(H,35,36);5-9,12-16,18H,2-4,10-11,17H2,1H3,(H,32,33)(H,34,35);5-7,9-16H,3-4,8H2,1-2H3,(H,31,37)(H,32,33)(H,34,35);4,6-15H,3,5H2,1-2H3,(H,30,36)(H,31,32)(H,33,34). The number of aromatic nitrogens is 28. The summed E-state index contributed by atoms with van der Waals surface area (Å²) in [6.07, 6.45) is 37.4. The Hall–Kier alpha value is -18.7. The third kappa shape index (κ3) is 20.2. The number of aryl methyl sites for hydroxylation is 4. The number of H-pyrrole nitrogens is 8. The van der Waals surface area contributed by atoms with Crippen molar-refractivity contribution in [2.75, 3.05) is 29.0 Å². The molecule has 24 aromatic rings. The van der Waals surface area contributed by atoms with Gasteiger partial charge >= 0.3 is 0 Å². The van der Waals surface area contributed by atoms with E-state index in [9.17, 15) is 14.4 Å². The molecule has 0 aliphatic carbocycles. The average molecular weight is 1960 g/mol. The second-order valence-electron chi connectivity index (χ2n) is 38.6. The van der Waals surface area contributed by atoms with Crippen molar-refractivity contribution in [2.45, 2.75) is 127 Å². The summed E-state index contributed by atoms with van der Waals surface area (Å²) in [4.78, 5) is 108. The lowest BCUT2D eigenvalue weighted by Crippen LogP contribution is -2.29. The summed E-state index contributed by atoms with van der Waals surface area (Å²) in [7, 11) is 0. The number of fused-ring (bicyclic) bond motifs is 8. The molecule has 8 aromatic carbocycles. The Bertz CT molecular complexity index is 9060. The number of nitrogens with zero attached hydrogens (tertiary/aromatic N) is 21. The maximum atomic E-state index is 12.4. The lowest BCUT2D eigenvalue weighted by Gasteiger charge is -2.26. The molecule has 35 nitrogen and oxygen atoms in total. The van der Waals surface area contributed by atoms with Gasteiger partial charge in [0, 0.05) is 125 Å². The van der Waals surface area contributed by atoms with E-state index in [1.165, 1.54) is 37.9 Å². The van der Waals surface area contributed by atoms with Crippen molar-refractivity contribution < 1.29 is 14.4 Å². The monoisotopic (exact) mass is 1960 g/mol. The Morgan fingerprint density at radius 1 is 0.338 bits per heavy atom. The number of unbranched alkanes of at least 4 members (excludes halogenated alkanes) is 1. The number of pyridine rings is 4. The van der Waals surface area contributed by atoms with Gasteiger partial charge in [-0.1, -0.05) is 96.0 Å². The van der Waals surface area contributed by atoms with E-state index in [1.807, 2.05) is 238 Å². The molecule has 0 saturated carbocycles. The number of carbonyl (C=O) groups is 3. The lowest BCUT2D eigenvalue weighted by molar-refractivity contribution is -0.118. The minimum atomic E-state index is -0.0903. The molecular formula is C113H106N32O3. The normalized spacial score (nSPS) is 12.3. The molecule has 17 heterocycles. The minimum absolute atomic E-state index is 0.00322. The van der Waals surface area contributed by atoms with E-state index in [0.717, 1.165) is 232 Å². The number of nitrogens with one attached hydrogen (secondary N) is 11. The summed E-state index contributed by atoms with van der Waals surface area (Å²) in [6, 6.07) is 56.9. The van der Waals surface area contributed by atoms with Gasteiger partial charge in [0.05, 0.1) is 151 Å². The molecule has 11 N–H and O–H groups in total. The Kier molecular flexibility index (Phi) is 25.9. The summed E-state index contributed by atoms with van der Waals surface area (Å²) in [6.45, 7) is 21.4. The van der Waals surface area contributed by atoms with Crippen LogP contribution in [0.15, 0.2) is 270 Å². The molecule has 0 radical (unpaired) electrons. The number of carbonyl (C=O) groups excluding carboxylic acids is 3. The van der Waals surface area contributed by atoms with Crippen molar-refractivity contribution in [2.24, 2.45) is 5.41 Å². The SMILES string of the molecule is CCCC(=O)Nc1cncc(-c2ccc3[nH]nc(-c4nc5c(-n6cnc(C)c6)cccc5[nH]4)c3c2)c1.CCCCC(=O)Nc1cncc(-c2ccc3[nH]nc(-c4nc5c(-n6cnc(C)c6)cccc5[nH]4)c3c2)c1.Cc1cn(-c2cccc3[nH]c(-c4n[nH]c5ccc(-c6cncc(CN7CCCCC7)c6)cc45)nc23)cn1.Cc1cn(-c2cccc3[nH]c(-c4n[nH]c5ccc(-c6cncc(NC(=O)CC(C)(C)C)c6)cc45)nc23)cn1. The number of hydrogen-bond acceptors (Lipinski definition) is 20. The molecule has 35 heteroatoms. The van der Waals surface area contributed by atoms with Crippen LogP contribution in [0.4, 0.5) is 17.1 Å². The summed E-state index contributed by atoms with van der Waals surface area (Å²) in [5, 5.41) is 43.6. The van der Waals surface area contributed by atoms with Crippen LogP contribution in [0.3, 0.4) is 0 Å². The number of likely N-dealkylation sites (tertiary alicyclic amines) is 1. The second kappa shape index (κ2) is 40.6. The molecule has 1 aliphatic heterocycles. The lowest BCUT2D eigenvalue weighted by atomic mass is 9.92. The maximum absolute atomic E-state index is 12.4. The van der Waals surface area contributed by atoms with E-state index in [-0.39, 0.29) is 23.1 Å². The van der Waals surface area contributed by atoms with Crippen LogP contribution < -0.4 is 16.0 Å². The van der Waals surface area contributed by atoms with E-state index in [0.29, 0.717) is 53.8 Å². The highest BCUT2D eigenvalue weighted by atomic mass is 16.2. The van der Waals surface area contributed by atoms with E-state index in [4.69, 9.17) is 19.9 Å². The quantitative estimate of drug-likeness (QED) is 0.0283. The molecule has 0 unspecified atom stereocenters. The molecule has 25 rings (SSSR count). The van der Waals surface area contributed by atoms with Crippen molar-refractivity contribution in [3.05, 3.63) is 298 Å². The molecule has 0 spiro atoms. The fourth-order valence-corrected chi connectivity index (χ4v) is 18.9. The van der Waals surface area contributed by atoms with Crippen LogP contribution in [-0.2, 0) is 20.9 Å². The highest BCUT2D eigenvalue weighted by Gasteiger charge is 2.25. The topological polar surface area (TPSA) is 443 Å². The van der Waals surface area contributed by atoms with Gasteiger partial charge in [0.25, 0.3) is 0 Å². The molecule has 1 fully saturated rings. The van der Waals surface area contributed by atoms with E-state index in [2.05, 4.69) is 177 Å². The van der Waals surface area contributed by atoms with Gasteiger partial charge in [-0.25, -0.2) is 39.9 Å². The molecule has 1 saturated heterocycles. The Balaban J connectivity index is 0.000000112. The molecule has 3 amide bonds. The highest BCUT2D eigenvalue weighted by molar-refractivity contribution is 6.03. The van der Waals surface area contributed by atoms with Crippen LogP contribution in [0, 0.1) is 33.1 Å². The Morgan fingerprint density at radius 3 is 0.966 bits per heavy atom. The van der Waals surface area contributed by atoms with Gasteiger partial charge in [0.1, 0.15) is 44.8 Å². The van der Waals surface area contributed by atoms with Crippen LogP contribution in [0.1, 0.15) is 121 Å². The number of imidazole rings is 8. The number of aromatic amines is 8. The van der Waals surface area contributed by atoms with Gasteiger partial charge in [-0.05, 0) is 221 Å². The number of anilines is 3. The summed E-state index contributed by atoms with van der Waals surface area (Å²) in [5.74, 6) is 2.73. The Labute approximate surface area is 848 Å². The largest absolute Gasteiger partial charge is 0.336 e. The third-order valence-corrected chi connectivity index (χ3v) is 26.0. The first-order chi connectivity index (χ1) is 72.1. The number of para-hydroxylation sites is 4. The molecule has 0 bridgehead atoms. The molecule has 16 aromatic heterocycles. The number of hydrogen-bond donors (Lipinski definition) is 11. The number of piperidine rings is 1. The predicted molar refractivity (Wildman–Crippen MR) is 579 cm³/mol. The van der Waals surface area contributed by atoms with Crippen molar-refractivity contribution in [3.8, 4) is 113 Å². The average Bonchev–Trinajstić information content (AvgIpc) is 1.62. The summed E-state index contributed by atoms with van der Waals surface area (Å²) < 4.78 is 7.93. The molecule has 148 heavy (non-hydrogen) atoms. The smallest absolute Gasteiger partial charge is 0.224 e. The van der Waals surface area contributed by atoms with Gasteiger partial charge in [0.15, 0.2) is 23.3 Å². The number of rotatable bonds is 23. The molecular weight excluding hydrogens is 1850 g/mol. The van der Waals surface area contributed by atoms with Crippen LogP contribution in [-0.4, -0.2) is 175 Å². The molecule has 0 atom stereocenters. The van der Waals surface area contributed by atoms with E-state index < -0.39 is 0 Å². The number of benzene rings is 8. The van der Waals surface area contributed by atoms with Crippen molar-refractivity contribution in [1.29, 1.82) is 0 Å². The van der Waals surface area contributed by atoms with Crippen LogP contribution in [0.25, 0.3) is 201 Å². The van der Waals surface area contributed by atoms with Gasteiger partial charge in [-0.2, -0.15) is 20.4 Å². The summed E-state index contributed by atoms with van der Waals surface area (Å²) in [5.41, 5.74) is 32.5. The zero-order valence-corrected chi connectivity index (χ0v) is 83.0. The number of amides is 3. The fourth-order valence-electron chi connectivity index (χ4n) is 18.9. The first kappa shape index (κ1) is 94.2. The first-order valence-electron chi connectivity index (χ1n) is 49.5. The van der Waals surface area contributed by atoms with Gasteiger partial charge in [-0.3, -0.25) is 59.6 Å².